The standard InChI is InChI=1S/C20H17F4N3OS/c1-13(18(28)26-16-10-6-5-9-15(16)21)29-19-25-11-17(14-7-3-2-4-8-14)27(19)12-20(22,23)24/h2-11,13H,12H2,1H3,(H,26,28). The van der Waals surface area contributed by atoms with Gasteiger partial charge in [-0.25, -0.2) is 9.37 Å². The van der Waals surface area contributed by atoms with Crippen LogP contribution in [-0.4, -0.2) is 26.9 Å². The summed E-state index contributed by atoms with van der Waals surface area (Å²) < 4.78 is 54.2. The lowest BCUT2D eigenvalue weighted by molar-refractivity contribution is -0.141. The van der Waals surface area contributed by atoms with Crippen LogP contribution in [-0.2, 0) is 11.3 Å². The molecule has 1 heterocycles. The summed E-state index contributed by atoms with van der Waals surface area (Å²) in [4.78, 5) is 16.5. The molecule has 0 saturated heterocycles. The van der Waals surface area contributed by atoms with Gasteiger partial charge in [-0.1, -0.05) is 54.2 Å². The first-order valence-corrected chi connectivity index (χ1v) is 9.52. The molecule has 1 N–H and O–H groups in total. The Labute approximate surface area is 169 Å². The third-order valence-electron chi connectivity index (χ3n) is 4.01. The number of halogens is 4. The van der Waals surface area contributed by atoms with Crippen molar-refractivity contribution in [1.29, 1.82) is 0 Å². The van der Waals surface area contributed by atoms with Gasteiger partial charge in [0.25, 0.3) is 0 Å². The van der Waals surface area contributed by atoms with Crippen molar-refractivity contribution >= 4 is 23.4 Å². The lowest BCUT2D eigenvalue weighted by atomic mass is 10.2. The fourth-order valence-electron chi connectivity index (χ4n) is 2.63. The predicted molar refractivity (Wildman–Crippen MR) is 104 cm³/mol. The smallest absolute Gasteiger partial charge is 0.323 e. The molecule has 1 amide bonds. The second-order valence-corrected chi connectivity index (χ2v) is 7.53. The number of alkyl halides is 3. The number of carbonyl (C=O) groups excluding carboxylic acids is 1. The van der Waals surface area contributed by atoms with E-state index in [0.717, 1.165) is 16.3 Å². The van der Waals surface area contributed by atoms with Crippen molar-refractivity contribution in [3.8, 4) is 11.3 Å². The molecule has 0 aliphatic heterocycles. The Morgan fingerprint density at radius 3 is 2.45 bits per heavy atom. The van der Waals surface area contributed by atoms with Crippen LogP contribution in [0.3, 0.4) is 0 Å². The van der Waals surface area contributed by atoms with Gasteiger partial charge in [0.05, 0.1) is 22.8 Å². The van der Waals surface area contributed by atoms with Gasteiger partial charge < -0.3 is 9.88 Å². The van der Waals surface area contributed by atoms with Gasteiger partial charge in [-0.2, -0.15) is 13.2 Å². The molecule has 0 aliphatic rings. The quantitative estimate of drug-likeness (QED) is 0.428. The zero-order valence-corrected chi connectivity index (χ0v) is 16.1. The minimum absolute atomic E-state index is 0.00792. The van der Waals surface area contributed by atoms with Crippen LogP contribution in [0.2, 0.25) is 0 Å². The number of nitrogens with one attached hydrogen (secondary N) is 1. The number of amides is 1. The third kappa shape index (κ3) is 5.38. The number of carbonyl (C=O) groups is 1. The third-order valence-corrected chi connectivity index (χ3v) is 5.11. The fourth-order valence-corrected chi connectivity index (χ4v) is 3.52. The Bertz CT molecular complexity index is 989. The Hall–Kier alpha value is -2.81. The second-order valence-electron chi connectivity index (χ2n) is 6.22. The molecule has 2 aromatic carbocycles. The summed E-state index contributed by atoms with van der Waals surface area (Å²) in [7, 11) is 0. The van der Waals surface area contributed by atoms with Crippen molar-refractivity contribution < 1.29 is 22.4 Å². The van der Waals surface area contributed by atoms with Crippen molar-refractivity contribution in [2.45, 2.75) is 30.1 Å². The monoisotopic (exact) mass is 423 g/mol. The number of thioether (sulfide) groups is 1. The summed E-state index contributed by atoms with van der Waals surface area (Å²) in [6.45, 7) is 0.289. The number of aromatic nitrogens is 2. The van der Waals surface area contributed by atoms with E-state index in [2.05, 4.69) is 10.3 Å². The highest BCUT2D eigenvalue weighted by Gasteiger charge is 2.31. The summed E-state index contributed by atoms with van der Waals surface area (Å²) in [5.74, 6) is -1.13. The summed E-state index contributed by atoms with van der Waals surface area (Å²) in [6.07, 6.45) is -3.11. The zero-order chi connectivity index (χ0) is 21.0. The molecule has 1 unspecified atom stereocenters. The van der Waals surface area contributed by atoms with Crippen molar-refractivity contribution in [2.24, 2.45) is 0 Å². The number of nitrogens with zero attached hydrogens (tertiary/aromatic N) is 2. The van der Waals surface area contributed by atoms with E-state index in [9.17, 15) is 22.4 Å². The van der Waals surface area contributed by atoms with E-state index in [4.69, 9.17) is 0 Å². The maximum absolute atomic E-state index is 13.7. The van der Waals surface area contributed by atoms with Crippen molar-refractivity contribution in [3.63, 3.8) is 0 Å². The van der Waals surface area contributed by atoms with Gasteiger partial charge in [-0.15, -0.1) is 0 Å². The molecule has 3 aromatic rings. The number of hydrogen-bond acceptors (Lipinski definition) is 3. The van der Waals surface area contributed by atoms with Crippen LogP contribution < -0.4 is 5.32 Å². The molecule has 1 aromatic heterocycles. The molecule has 0 saturated carbocycles. The first-order chi connectivity index (χ1) is 13.7. The summed E-state index contributed by atoms with van der Waals surface area (Å²) in [5, 5.41) is 1.70. The van der Waals surface area contributed by atoms with E-state index < -0.39 is 29.7 Å². The maximum atomic E-state index is 13.7. The molecule has 29 heavy (non-hydrogen) atoms. The van der Waals surface area contributed by atoms with Crippen LogP contribution >= 0.6 is 11.8 Å². The Morgan fingerprint density at radius 2 is 1.79 bits per heavy atom. The first-order valence-electron chi connectivity index (χ1n) is 8.64. The van der Waals surface area contributed by atoms with Crippen molar-refractivity contribution in [1.82, 2.24) is 9.55 Å². The van der Waals surface area contributed by atoms with Crippen LogP contribution in [0.1, 0.15) is 6.92 Å². The van der Waals surface area contributed by atoms with Gasteiger partial charge in [-0.05, 0) is 24.6 Å². The minimum Gasteiger partial charge on any atom is -0.323 e. The maximum Gasteiger partial charge on any atom is 0.406 e. The number of rotatable bonds is 6. The zero-order valence-electron chi connectivity index (χ0n) is 15.3. The van der Waals surface area contributed by atoms with Crippen LogP contribution in [0.25, 0.3) is 11.3 Å². The molecular formula is C20H17F4N3OS. The van der Waals surface area contributed by atoms with Gasteiger partial charge in [0, 0.05) is 0 Å². The average Bonchev–Trinajstić information content (AvgIpc) is 3.04. The minimum atomic E-state index is -4.46. The molecule has 0 spiro atoms. The topological polar surface area (TPSA) is 46.9 Å². The molecule has 0 bridgehead atoms. The largest absolute Gasteiger partial charge is 0.406 e. The van der Waals surface area contributed by atoms with Crippen LogP contribution in [0.15, 0.2) is 66.0 Å². The molecule has 0 radical (unpaired) electrons. The van der Waals surface area contributed by atoms with E-state index in [1.165, 1.54) is 31.3 Å². The van der Waals surface area contributed by atoms with E-state index in [0.29, 0.717) is 11.3 Å². The molecule has 9 heteroatoms. The number of hydrogen-bond donors (Lipinski definition) is 1. The van der Waals surface area contributed by atoms with Gasteiger partial charge in [0.2, 0.25) is 5.91 Å². The average molecular weight is 423 g/mol. The fraction of sp³-hybridized carbons (Fsp3) is 0.200. The number of para-hydroxylation sites is 1. The van der Waals surface area contributed by atoms with Crippen LogP contribution in [0.5, 0.6) is 0 Å². The molecule has 152 valence electrons. The van der Waals surface area contributed by atoms with E-state index in [1.54, 1.807) is 36.4 Å². The highest BCUT2D eigenvalue weighted by molar-refractivity contribution is 8.00. The summed E-state index contributed by atoms with van der Waals surface area (Å²) in [6, 6.07) is 14.2. The molecule has 0 aliphatic carbocycles. The molecular weight excluding hydrogens is 406 g/mol. The van der Waals surface area contributed by atoms with Gasteiger partial charge >= 0.3 is 6.18 Å². The lowest BCUT2D eigenvalue weighted by Gasteiger charge is -2.16. The first kappa shape index (κ1) is 20.9. The van der Waals surface area contributed by atoms with Gasteiger partial charge in [0.1, 0.15) is 12.4 Å². The highest BCUT2D eigenvalue weighted by Crippen LogP contribution is 2.32. The lowest BCUT2D eigenvalue weighted by Crippen LogP contribution is -2.24. The van der Waals surface area contributed by atoms with Crippen LogP contribution in [0, 0.1) is 5.82 Å². The molecule has 0 fully saturated rings. The van der Waals surface area contributed by atoms with Gasteiger partial charge in [0.15, 0.2) is 5.16 Å². The van der Waals surface area contributed by atoms with Crippen molar-refractivity contribution in [3.05, 3.63) is 66.6 Å². The summed E-state index contributed by atoms with van der Waals surface area (Å²) in [5.41, 5.74) is 0.889. The van der Waals surface area contributed by atoms with E-state index in [1.807, 2.05) is 0 Å². The SMILES string of the molecule is CC(Sc1ncc(-c2ccccc2)n1CC(F)(F)F)C(=O)Nc1ccccc1F. The number of benzene rings is 2. The summed E-state index contributed by atoms with van der Waals surface area (Å²) >= 11 is 0.877. The van der Waals surface area contributed by atoms with Crippen LogP contribution in [0.4, 0.5) is 23.2 Å². The molecule has 3 rings (SSSR count). The molecule has 1 atom stereocenters. The van der Waals surface area contributed by atoms with Crippen molar-refractivity contribution in [2.75, 3.05) is 5.32 Å². The number of imidazole rings is 1. The molecule has 4 nitrogen and oxygen atoms in total. The Kier molecular flexibility index (Phi) is 6.26. The normalized spacial score (nSPS) is 12.6. The predicted octanol–water partition coefficient (Wildman–Crippen LogP) is 5.37. The Morgan fingerprint density at radius 1 is 1.14 bits per heavy atom. The number of anilines is 1. The Balaban J connectivity index is 1.83. The van der Waals surface area contributed by atoms with Gasteiger partial charge in [-0.3, -0.25) is 4.79 Å². The van der Waals surface area contributed by atoms with E-state index in [-0.39, 0.29) is 10.8 Å². The highest BCUT2D eigenvalue weighted by atomic mass is 32.2. The second kappa shape index (κ2) is 8.69. The van der Waals surface area contributed by atoms with E-state index >= 15 is 0 Å².